The van der Waals surface area contributed by atoms with Crippen LogP contribution in [-0.4, -0.2) is 10.3 Å². The molecule has 0 saturated carbocycles. The highest BCUT2D eigenvalue weighted by Gasteiger charge is 2.30. The molecule has 0 fully saturated rings. The summed E-state index contributed by atoms with van der Waals surface area (Å²) in [6.45, 7) is 0.432. The zero-order valence-corrected chi connectivity index (χ0v) is 11.5. The van der Waals surface area contributed by atoms with Crippen LogP contribution >= 0.6 is 11.8 Å². The number of ether oxygens (including phenoxy) is 1. The van der Waals surface area contributed by atoms with Gasteiger partial charge in [0, 0.05) is 11.8 Å². The van der Waals surface area contributed by atoms with Crippen LogP contribution in [0.5, 0.6) is 0 Å². The first kappa shape index (κ1) is 12.9. The number of hydrogen-bond acceptors (Lipinski definition) is 4. The summed E-state index contributed by atoms with van der Waals surface area (Å²) in [6, 6.07) is 19.0. The lowest BCUT2D eigenvalue weighted by atomic mass is 10.1. The van der Waals surface area contributed by atoms with Crippen molar-refractivity contribution in [2.45, 2.75) is 12.6 Å². The second-order valence-corrected chi connectivity index (χ2v) is 5.36. The van der Waals surface area contributed by atoms with Crippen molar-refractivity contribution in [1.82, 2.24) is 0 Å². The lowest BCUT2D eigenvalue weighted by Gasteiger charge is -2.03. The Balaban J connectivity index is 1.68. The van der Waals surface area contributed by atoms with Gasteiger partial charge in [0.2, 0.25) is 5.12 Å². The maximum atomic E-state index is 12.0. The normalized spacial score (nSPS) is 17.9. The van der Waals surface area contributed by atoms with Crippen LogP contribution in [0.25, 0.3) is 0 Å². The van der Waals surface area contributed by atoms with Crippen molar-refractivity contribution < 1.29 is 9.53 Å². The SMILES string of the molecule is O=C1SC(OCc2ccccc2)=NC1c1ccccc1. The maximum absolute atomic E-state index is 12.0. The van der Waals surface area contributed by atoms with E-state index in [2.05, 4.69) is 4.99 Å². The molecular formula is C16H13NO2S. The number of aliphatic imine (C=N–C) groups is 1. The van der Waals surface area contributed by atoms with Crippen LogP contribution in [0.3, 0.4) is 0 Å². The molecule has 0 aliphatic carbocycles. The van der Waals surface area contributed by atoms with E-state index in [0.29, 0.717) is 11.8 Å². The molecule has 3 rings (SSSR count). The molecule has 3 nitrogen and oxygen atoms in total. The number of hydrogen-bond donors (Lipinski definition) is 0. The van der Waals surface area contributed by atoms with Crippen LogP contribution in [0.2, 0.25) is 0 Å². The fourth-order valence-electron chi connectivity index (χ4n) is 1.96. The molecule has 100 valence electrons. The van der Waals surface area contributed by atoms with Crippen LogP contribution in [0.15, 0.2) is 65.7 Å². The van der Waals surface area contributed by atoms with Crippen LogP contribution in [0, 0.1) is 0 Å². The van der Waals surface area contributed by atoms with Gasteiger partial charge in [0.1, 0.15) is 12.6 Å². The topological polar surface area (TPSA) is 38.7 Å². The van der Waals surface area contributed by atoms with Crippen LogP contribution in [0.1, 0.15) is 17.2 Å². The summed E-state index contributed by atoms with van der Waals surface area (Å²) in [5.41, 5.74) is 1.97. The molecule has 0 bridgehead atoms. The van der Waals surface area contributed by atoms with Gasteiger partial charge in [-0.05, 0) is 11.1 Å². The highest BCUT2D eigenvalue weighted by atomic mass is 32.2. The Kier molecular flexibility index (Phi) is 3.83. The fourth-order valence-corrected chi connectivity index (χ4v) is 2.71. The third-order valence-corrected chi connectivity index (χ3v) is 3.79. The number of carbonyl (C=O) groups excluding carboxylic acids is 1. The molecule has 1 unspecified atom stereocenters. The van der Waals surface area contributed by atoms with Crippen molar-refractivity contribution in [2.24, 2.45) is 4.99 Å². The number of benzene rings is 2. The molecule has 0 N–H and O–H groups in total. The van der Waals surface area contributed by atoms with Crippen LogP contribution in [0.4, 0.5) is 0 Å². The summed E-state index contributed by atoms with van der Waals surface area (Å²) in [7, 11) is 0. The summed E-state index contributed by atoms with van der Waals surface area (Å²) in [6.07, 6.45) is 0. The molecule has 0 aromatic heterocycles. The summed E-state index contributed by atoms with van der Waals surface area (Å²) in [5, 5.41) is 0.465. The molecule has 0 spiro atoms. The van der Waals surface area contributed by atoms with Gasteiger partial charge in [0.15, 0.2) is 0 Å². The zero-order valence-electron chi connectivity index (χ0n) is 10.7. The first-order chi connectivity index (χ1) is 9.83. The lowest BCUT2D eigenvalue weighted by molar-refractivity contribution is -0.111. The van der Waals surface area contributed by atoms with Crippen molar-refractivity contribution in [2.75, 3.05) is 0 Å². The van der Waals surface area contributed by atoms with Gasteiger partial charge in [-0.2, -0.15) is 0 Å². The molecule has 1 heterocycles. The lowest BCUT2D eigenvalue weighted by Crippen LogP contribution is -2.00. The molecule has 0 amide bonds. The van der Waals surface area contributed by atoms with Gasteiger partial charge in [-0.25, -0.2) is 4.99 Å². The number of rotatable bonds is 3. The van der Waals surface area contributed by atoms with Gasteiger partial charge >= 0.3 is 0 Å². The Morgan fingerprint density at radius 1 is 1.00 bits per heavy atom. The largest absolute Gasteiger partial charge is 0.468 e. The Morgan fingerprint density at radius 3 is 2.35 bits per heavy atom. The second kappa shape index (κ2) is 5.92. The van der Waals surface area contributed by atoms with Crippen molar-refractivity contribution in [3.05, 3.63) is 71.8 Å². The highest BCUT2D eigenvalue weighted by Crippen LogP contribution is 2.32. The van der Waals surface area contributed by atoms with Crippen molar-refractivity contribution in [3.63, 3.8) is 0 Å². The van der Waals surface area contributed by atoms with E-state index in [-0.39, 0.29) is 5.12 Å². The summed E-state index contributed by atoms with van der Waals surface area (Å²) in [5.74, 6) is 0. The minimum Gasteiger partial charge on any atom is -0.468 e. The van der Waals surface area contributed by atoms with Gasteiger partial charge < -0.3 is 4.74 Å². The highest BCUT2D eigenvalue weighted by molar-refractivity contribution is 8.26. The van der Waals surface area contributed by atoms with E-state index in [9.17, 15) is 4.79 Å². The predicted octanol–water partition coefficient (Wildman–Crippen LogP) is 3.57. The molecule has 4 heteroatoms. The fraction of sp³-hybridized carbons (Fsp3) is 0.125. The molecule has 0 saturated heterocycles. The zero-order chi connectivity index (χ0) is 13.8. The molecule has 20 heavy (non-hydrogen) atoms. The van der Waals surface area contributed by atoms with E-state index in [0.717, 1.165) is 22.9 Å². The number of carbonyl (C=O) groups is 1. The van der Waals surface area contributed by atoms with Gasteiger partial charge in [0.25, 0.3) is 5.23 Å². The average molecular weight is 283 g/mol. The minimum absolute atomic E-state index is 0.0132. The van der Waals surface area contributed by atoms with E-state index in [1.54, 1.807) is 0 Å². The molecule has 2 aromatic rings. The monoisotopic (exact) mass is 283 g/mol. The first-order valence-electron chi connectivity index (χ1n) is 6.34. The standard InChI is InChI=1S/C16H13NO2S/c18-15-14(13-9-5-2-6-10-13)17-16(20-15)19-11-12-7-3-1-4-8-12/h1-10,14H,11H2. The van der Waals surface area contributed by atoms with Crippen molar-refractivity contribution in [1.29, 1.82) is 0 Å². The maximum Gasteiger partial charge on any atom is 0.255 e. The Hall–Kier alpha value is -2.07. The summed E-state index contributed by atoms with van der Waals surface area (Å²) in [4.78, 5) is 16.3. The van der Waals surface area contributed by atoms with Crippen LogP contribution in [-0.2, 0) is 16.1 Å². The number of thioether (sulfide) groups is 1. The quantitative estimate of drug-likeness (QED) is 0.864. The second-order valence-electron chi connectivity index (χ2n) is 4.40. The molecule has 1 aliphatic rings. The summed E-state index contributed by atoms with van der Waals surface area (Å²) >= 11 is 1.08. The third kappa shape index (κ3) is 2.91. The van der Waals surface area contributed by atoms with Gasteiger partial charge in [0.05, 0.1) is 0 Å². The minimum atomic E-state index is -0.438. The Morgan fingerprint density at radius 2 is 1.65 bits per heavy atom. The predicted molar refractivity (Wildman–Crippen MR) is 80.4 cm³/mol. The van der Waals surface area contributed by atoms with Crippen molar-refractivity contribution in [3.8, 4) is 0 Å². The Bertz CT molecular complexity index is 625. The molecular weight excluding hydrogens is 270 g/mol. The molecule has 1 atom stereocenters. The molecule has 0 radical (unpaired) electrons. The first-order valence-corrected chi connectivity index (χ1v) is 7.16. The third-order valence-electron chi connectivity index (χ3n) is 2.97. The van der Waals surface area contributed by atoms with Gasteiger partial charge in [-0.15, -0.1) is 0 Å². The smallest absolute Gasteiger partial charge is 0.255 e. The van der Waals surface area contributed by atoms with E-state index in [1.165, 1.54) is 0 Å². The van der Waals surface area contributed by atoms with Crippen LogP contribution < -0.4 is 0 Å². The molecule has 1 aliphatic heterocycles. The molecule has 2 aromatic carbocycles. The average Bonchev–Trinajstić information content (AvgIpc) is 2.88. The van der Waals surface area contributed by atoms with E-state index in [4.69, 9.17) is 4.74 Å². The van der Waals surface area contributed by atoms with E-state index in [1.807, 2.05) is 60.7 Å². The van der Waals surface area contributed by atoms with E-state index < -0.39 is 6.04 Å². The van der Waals surface area contributed by atoms with Gasteiger partial charge in [-0.3, -0.25) is 4.79 Å². The Labute approximate surface area is 121 Å². The summed E-state index contributed by atoms with van der Waals surface area (Å²) < 4.78 is 5.60. The van der Waals surface area contributed by atoms with Gasteiger partial charge in [-0.1, -0.05) is 60.7 Å². The number of nitrogens with zero attached hydrogens (tertiary/aromatic N) is 1. The van der Waals surface area contributed by atoms with Crippen molar-refractivity contribution >= 4 is 22.1 Å². The van der Waals surface area contributed by atoms with E-state index >= 15 is 0 Å².